The number of aromatic carboxylic acids is 1. The van der Waals surface area contributed by atoms with E-state index in [1.54, 1.807) is 6.07 Å². The van der Waals surface area contributed by atoms with Crippen molar-refractivity contribution in [2.45, 2.75) is 0 Å². The Balaban J connectivity index is 1.84. The van der Waals surface area contributed by atoms with Gasteiger partial charge in [-0.3, -0.25) is 0 Å². The van der Waals surface area contributed by atoms with Gasteiger partial charge in [0.15, 0.2) is 0 Å². The van der Waals surface area contributed by atoms with Gasteiger partial charge in [0, 0.05) is 0 Å². The van der Waals surface area contributed by atoms with Crippen LogP contribution in [0.2, 0.25) is 0 Å². The van der Waals surface area contributed by atoms with Crippen molar-refractivity contribution >= 4 is 21.9 Å². The highest BCUT2D eigenvalue weighted by atomic mass is 79.9. The Kier molecular flexibility index (Phi) is 5.01. The minimum absolute atomic E-state index is 0.213. The van der Waals surface area contributed by atoms with Gasteiger partial charge in [0.2, 0.25) is 0 Å². The Morgan fingerprint density at radius 1 is 1.05 bits per heavy atom. The van der Waals surface area contributed by atoms with Gasteiger partial charge in [-0.15, -0.1) is 0 Å². The Labute approximate surface area is 125 Å². The lowest BCUT2D eigenvalue weighted by atomic mass is 10.2. The number of halogens is 1. The second kappa shape index (κ2) is 6.96. The average Bonchev–Trinajstić information content (AvgIpc) is 2.46. The van der Waals surface area contributed by atoms with Crippen molar-refractivity contribution in [3.8, 4) is 11.5 Å². The Morgan fingerprint density at radius 3 is 2.40 bits per heavy atom. The van der Waals surface area contributed by atoms with Gasteiger partial charge in [0.25, 0.3) is 0 Å². The zero-order valence-electron chi connectivity index (χ0n) is 10.6. The maximum atomic E-state index is 10.8. The van der Waals surface area contributed by atoms with Crippen LogP contribution in [0.5, 0.6) is 11.5 Å². The first kappa shape index (κ1) is 14.4. The first-order valence-electron chi connectivity index (χ1n) is 6.00. The van der Waals surface area contributed by atoms with Gasteiger partial charge in [0.05, 0.1) is 10.0 Å². The summed E-state index contributed by atoms with van der Waals surface area (Å²) in [4.78, 5) is 10.8. The fourth-order valence-corrected chi connectivity index (χ4v) is 2.07. The van der Waals surface area contributed by atoms with Gasteiger partial charge in [-0.1, -0.05) is 18.2 Å². The van der Waals surface area contributed by atoms with Gasteiger partial charge < -0.3 is 14.6 Å². The molecular weight excluding hydrogens is 324 g/mol. The van der Waals surface area contributed by atoms with Gasteiger partial charge in [0.1, 0.15) is 24.7 Å². The summed E-state index contributed by atoms with van der Waals surface area (Å²) < 4.78 is 11.6. The third-order valence-corrected chi connectivity index (χ3v) is 3.15. The first-order chi connectivity index (χ1) is 9.66. The number of hydrogen-bond acceptors (Lipinski definition) is 3. The predicted molar refractivity (Wildman–Crippen MR) is 78.5 cm³/mol. The lowest BCUT2D eigenvalue weighted by molar-refractivity contribution is 0.0696. The molecule has 0 saturated carbocycles. The third-order valence-electron chi connectivity index (χ3n) is 2.53. The summed E-state index contributed by atoms with van der Waals surface area (Å²) in [5, 5.41) is 8.86. The Bertz CT molecular complexity index is 584. The fraction of sp³-hybridized carbons (Fsp3) is 0.133. The van der Waals surface area contributed by atoms with E-state index in [0.29, 0.717) is 23.4 Å². The lowest BCUT2D eigenvalue weighted by Crippen LogP contribution is -2.09. The molecular formula is C15H13BrO4. The SMILES string of the molecule is O=C(O)c1ccc(OCCOc2ccccc2)c(Br)c1. The summed E-state index contributed by atoms with van der Waals surface area (Å²) in [5.74, 6) is 0.410. The van der Waals surface area contributed by atoms with E-state index in [0.717, 1.165) is 5.75 Å². The predicted octanol–water partition coefficient (Wildman–Crippen LogP) is 3.61. The average molecular weight is 337 g/mol. The Morgan fingerprint density at radius 2 is 1.75 bits per heavy atom. The highest BCUT2D eigenvalue weighted by molar-refractivity contribution is 9.10. The standard InChI is InChI=1S/C15H13BrO4/c16-13-10-11(15(17)18)6-7-14(13)20-9-8-19-12-4-2-1-3-5-12/h1-7,10H,8-9H2,(H,17,18). The highest BCUT2D eigenvalue weighted by Crippen LogP contribution is 2.26. The molecule has 0 bridgehead atoms. The van der Waals surface area contributed by atoms with Crippen LogP contribution in [0.25, 0.3) is 0 Å². The summed E-state index contributed by atoms with van der Waals surface area (Å²) in [6, 6.07) is 14.1. The maximum absolute atomic E-state index is 10.8. The number of hydrogen-bond donors (Lipinski definition) is 1. The minimum Gasteiger partial charge on any atom is -0.490 e. The molecule has 0 radical (unpaired) electrons. The number of benzene rings is 2. The van der Waals surface area contributed by atoms with Crippen LogP contribution in [0.3, 0.4) is 0 Å². The molecule has 0 atom stereocenters. The zero-order chi connectivity index (χ0) is 14.4. The molecule has 0 heterocycles. The molecule has 1 N–H and O–H groups in total. The summed E-state index contributed by atoms with van der Waals surface area (Å²) in [7, 11) is 0. The van der Waals surface area contributed by atoms with E-state index in [1.807, 2.05) is 30.3 Å². The van der Waals surface area contributed by atoms with Crippen LogP contribution >= 0.6 is 15.9 Å². The summed E-state index contributed by atoms with van der Waals surface area (Å²) >= 11 is 3.28. The molecule has 2 aromatic carbocycles. The van der Waals surface area contributed by atoms with E-state index in [4.69, 9.17) is 14.6 Å². The van der Waals surface area contributed by atoms with Crippen molar-refractivity contribution < 1.29 is 19.4 Å². The minimum atomic E-state index is -0.968. The van der Waals surface area contributed by atoms with Crippen LogP contribution in [0.1, 0.15) is 10.4 Å². The van der Waals surface area contributed by atoms with Crippen molar-refractivity contribution in [2.24, 2.45) is 0 Å². The van der Waals surface area contributed by atoms with Crippen LogP contribution in [-0.2, 0) is 0 Å². The molecule has 0 saturated heterocycles. The van der Waals surface area contributed by atoms with Crippen LogP contribution < -0.4 is 9.47 Å². The number of para-hydroxylation sites is 1. The molecule has 0 aliphatic carbocycles. The molecule has 0 aromatic heterocycles. The zero-order valence-corrected chi connectivity index (χ0v) is 12.2. The molecule has 0 spiro atoms. The van der Waals surface area contributed by atoms with E-state index < -0.39 is 5.97 Å². The molecule has 20 heavy (non-hydrogen) atoms. The third kappa shape index (κ3) is 3.99. The molecule has 4 nitrogen and oxygen atoms in total. The number of ether oxygens (including phenoxy) is 2. The molecule has 2 rings (SSSR count). The van der Waals surface area contributed by atoms with Crippen molar-refractivity contribution in [1.29, 1.82) is 0 Å². The van der Waals surface area contributed by atoms with Crippen LogP contribution in [0, 0.1) is 0 Å². The topological polar surface area (TPSA) is 55.8 Å². The second-order valence-electron chi connectivity index (χ2n) is 3.96. The van der Waals surface area contributed by atoms with Gasteiger partial charge in [-0.25, -0.2) is 4.79 Å². The van der Waals surface area contributed by atoms with Crippen molar-refractivity contribution in [1.82, 2.24) is 0 Å². The van der Waals surface area contributed by atoms with Crippen LogP contribution in [0.15, 0.2) is 53.0 Å². The number of carbonyl (C=O) groups is 1. The smallest absolute Gasteiger partial charge is 0.335 e. The molecule has 0 amide bonds. The quantitative estimate of drug-likeness (QED) is 0.819. The van der Waals surface area contributed by atoms with E-state index in [9.17, 15) is 4.79 Å². The molecule has 0 aliphatic heterocycles. The molecule has 104 valence electrons. The molecule has 0 aliphatic rings. The normalized spacial score (nSPS) is 10.1. The number of carboxylic acids is 1. The fourth-order valence-electron chi connectivity index (χ4n) is 1.58. The summed E-state index contributed by atoms with van der Waals surface area (Å²) in [6.07, 6.45) is 0. The second-order valence-corrected chi connectivity index (χ2v) is 4.81. The van der Waals surface area contributed by atoms with Crippen molar-refractivity contribution in [2.75, 3.05) is 13.2 Å². The molecule has 5 heteroatoms. The lowest BCUT2D eigenvalue weighted by Gasteiger charge is -2.10. The van der Waals surface area contributed by atoms with Crippen LogP contribution in [0.4, 0.5) is 0 Å². The van der Waals surface area contributed by atoms with Gasteiger partial charge in [-0.05, 0) is 46.3 Å². The molecule has 0 fully saturated rings. The summed E-state index contributed by atoms with van der Waals surface area (Å²) in [6.45, 7) is 0.789. The van der Waals surface area contributed by atoms with Gasteiger partial charge in [-0.2, -0.15) is 0 Å². The largest absolute Gasteiger partial charge is 0.490 e. The van der Waals surface area contributed by atoms with E-state index in [1.165, 1.54) is 12.1 Å². The molecule has 2 aromatic rings. The van der Waals surface area contributed by atoms with Crippen molar-refractivity contribution in [3.63, 3.8) is 0 Å². The van der Waals surface area contributed by atoms with E-state index >= 15 is 0 Å². The molecule has 0 unspecified atom stereocenters. The van der Waals surface area contributed by atoms with E-state index in [2.05, 4.69) is 15.9 Å². The van der Waals surface area contributed by atoms with Gasteiger partial charge >= 0.3 is 5.97 Å². The summed E-state index contributed by atoms with van der Waals surface area (Å²) in [5.41, 5.74) is 0.213. The monoisotopic (exact) mass is 336 g/mol. The highest BCUT2D eigenvalue weighted by Gasteiger charge is 2.07. The number of carboxylic acid groups (broad SMARTS) is 1. The maximum Gasteiger partial charge on any atom is 0.335 e. The van der Waals surface area contributed by atoms with Crippen LogP contribution in [-0.4, -0.2) is 24.3 Å². The van der Waals surface area contributed by atoms with E-state index in [-0.39, 0.29) is 5.56 Å². The first-order valence-corrected chi connectivity index (χ1v) is 6.79. The van der Waals surface area contributed by atoms with Crippen molar-refractivity contribution in [3.05, 3.63) is 58.6 Å². The Hall–Kier alpha value is -2.01. The number of rotatable bonds is 6.